The zero-order valence-electron chi connectivity index (χ0n) is 17.6. The van der Waals surface area contributed by atoms with Crippen molar-refractivity contribution in [3.8, 4) is 0 Å². The van der Waals surface area contributed by atoms with Gasteiger partial charge in [0.25, 0.3) is 11.7 Å². The van der Waals surface area contributed by atoms with Crippen LogP contribution in [0.15, 0.2) is 95.1 Å². The normalized spacial score (nSPS) is 17.7. The van der Waals surface area contributed by atoms with Gasteiger partial charge >= 0.3 is 0 Å². The Morgan fingerprint density at radius 1 is 0.939 bits per heavy atom. The number of hydrogen-bond donors (Lipinski definition) is 1. The lowest BCUT2D eigenvalue weighted by molar-refractivity contribution is -0.140. The SMILES string of the molecule is O=C1C(=O)N(CCc2ccc(F)cc2)C(c2ccco2)/C1=C(/O)c1ccc2ccccc2c1. The number of furan rings is 1. The number of nitrogens with zero attached hydrogens (tertiary/aromatic N) is 1. The van der Waals surface area contributed by atoms with Gasteiger partial charge in [-0.15, -0.1) is 0 Å². The molecule has 1 aliphatic heterocycles. The molecule has 0 bridgehead atoms. The monoisotopic (exact) mass is 441 g/mol. The van der Waals surface area contributed by atoms with Gasteiger partial charge in [0.1, 0.15) is 23.4 Å². The number of aliphatic hydroxyl groups excluding tert-OH is 1. The summed E-state index contributed by atoms with van der Waals surface area (Å²) in [6.45, 7) is 0.204. The lowest BCUT2D eigenvalue weighted by atomic mass is 9.97. The van der Waals surface area contributed by atoms with Gasteiger partial charge in [-0.3, -0.25) is 9.59 Å². The third-order valence-corrected chi connectivity index (χ3v) is 5.93. The fraction of sp³-hybridized carbons (Fsp3) is 0.111. The number of carbonyl (C=O) groups excluding carboxylic acids is 2. The average Bonchev–Trinajstić information content (AvgIpc) is 3.45. The van der Waals surface area contributed by atoms with Gasteiger partial charge in [-0.1, -0.05) is 48.5 Å². The van der Waals surface area contributed by atoms with Crippen molar-refractivity contribution in [3.63, 3.8) is 0 Å². The first kappa shape index (κ1) is 20.7. The molecule has 1 amide bonds. The van der Waals surface area contributed by atoms with Crippen molar-refractivity contribution < 1.29 is 23.5 Å². The minimum Gasteiger partial charge on any atom is -0.507 e. The molecule has 1 unspecified atom stereocenters. The molecule has 0 radical (unpaired) electrons. The van der Waals surface area contributed by atoms with Crippen LogP contribution >= 0.6 is 0 Å². The van der Waals surface area contributed by atoms with Crippen molar-refractivity contribution in [1.82, 2.24) is 4.90 Å². The molecule has 1 atom stereocenters. The summed E-state index contributed by atoms with van der Waals surface area (Å²) in [7, 11) is 0. The second-order valence-electron chi connectivity index (χ2n) is 7.95. The van der Waals surface area contributed by atoms with E-state index in [1.807, 2.05) is 30.3 Å². The maximum Gasteiger partial charge on any atom is 0.295 e. The number of rotatable bonds is 5. The van der Waals surface area contributed by atoms with E-state index in [-0.39, 0.29) is 23.7 Å². The van der Waals surface area contributed by atoms with Crippen molar-refractivity contribution in [1.29, 1.82) is 0 Å². The zero-order valence-corrected chi connectivity index (χ0v) is 17.6. The fourth-order valence-corrected chi connectivity index (χ4v) is 4.25. The molecule has 5 nitrogen and oxygen atoms in total. The van der Waals surface area contributed by atoms with Gasteiger partial charge in [0.05, 0.1) is 11.8 Å². The van der Waals surface area contributed by atoms with E-state index in [2.05, 4.69) is 0 Å². The molecular formula is C27H20FNO4. The standard InChI is InChI=1S/C27H20FNO4/c28-21-11-7-17(8-12-21)13-14-29-24(22-6-3-15-33-22)23(26(31)27(29)32)25(30)20-10-9-18-4-1-2-5-19(18)16-20/h1-12,15-16,24,30H,13-14H2/b25-23-. The molecule has 2 heterocycles. The van der Waals surface area contributed by atoms with Crippen molar-refractivity contribution in [2.24, 2.45) is 0 Å². The van der Waals surface area contributed by atoms with E-state index in [0.29, 0.717) is 17.7 Å². The number of aliphatic hydroxyl groups is 1. The van der Waals surface area contributed by atoms with Crippen molar-refractivity contribution >= 4 is 28.2 Å². The highest BCUT2D eigenvalue weighted by Crippen LogP contribution is 2.40. The van der Waals surface area contributed by atoms with Crippen LogP contribution < -0.4 is 0 Å². The summed E-state index contributed by atoms with van der Waals surface area (Å²) < 4.78 is 18.8. The number of carbonyl (C=O) groups is 2. The molecule has 4 aromatic rings. The van der Waals surface area contributed by atoms with Gasteiger partial charge in [0.2, 0.25) is 0 Å². The third kappa shape index (κ3) is 3.80. The van der Waals surface area contributed by atoms with Crippen LogP contribution in [0.5, 0.6) is 0 Å². The molecular weight excluding hydrogens is 421 g/mol. The Bertz CT molecular complexity index is 1370. The minimum atomic E-state index is -0.855. The van der Waals surface area contributed by atoms with Gasteiger partial charge in [0, 0.05) is 12.1 Å². The summed E-state index contributed by atoms with van der Waals surface area (Å²) in [6, 6.07) is 21.5. The highest BCUT2D eigenvalue weighted by molar-refractivity contribution is 6.46. The highest BCUT2D eigenvalue weighted by Gasteiger charge is 2.47. The Labute approximate surface area is 189 Å². The average molecular weight is 441 g/mol. The number of amides is 1. The van der Waals surface area contributed by atoms with E-state index in [9.17, 15) is 19.1 Å². The summed E-state index contributed by atoms with van der Waals surface area (Å²) in [4.78, 5) is 27.4. The molecule has 1 saturated heterocycles. The predicted molar refractivity (Wildman–Crippen MR) is 122 cm³/mol. The Hall–Kier alpha value is -4.19. The van der Waals surface area contributed by atoms with Crippen LogP contribution in [0, 0.1) is 5.82 Å². The van der Waals surface area contributed by atoms with Crippen LogP contribution in [0.1, 0.15) is 22.9 Å². The Balaban J connectivity index is 1.55. The summed E-state index contributed by atoms with van der Waals surface area (Å²) in [6.07, 6.45) is 1.88. The summed E-state index contributed by atoms with van der Waals surface area (Å²) in [5, 5.41) is 13.1. The molecule has 0 spiro atoms. The second kappa shape index (κ2) is 8.39. The van der Waals surface area contributed by atoms with E-state index in [1.54, 1.807) is 36.4 Å². The predicted octanol–water partition coefficient (Wildman–Crippen LogP) is 5.24. The lowest BCUT2D eigenvalue weighted by Gasteiger charge is -2.23. The van der Waals surface area contributed by atoms with E-state index >= 15 is 0 Å². The minimum absolute atomic E-state index is 0.00987. The van der Waals surface area contributed by atoms with Crippen molar-refractivity contribution in [2.45, 2.75) is 12.5 Å². The molecule has 3 aromatic carbocycles. The van der Waals surface area contributed by atoms with Gasteiger partial charge < -0.3 is 14.4 Å². The van der Waals surface area contributed by atoms with Gasteiger partial charge in [-0.05, 0) is 53.1 Å². The summed E-state index contributed by atoms with van der Waals surface area (Å²) in [5.74, 6) is -1.67. The number of ketones is 1. The number of halogens is 1. The topological polar surface area (TPSA) is 70.8 Å². The number of Topliss-reactive ketones (excluding diaryl/α,β-unsaturated/α-hetero) is 1. The molecule has 1 N–H and O–H groups in total. The molecule has 33 heavy (non-hydrogen) atoms. The molecule has 1 aliphatic rings. The first-order valence-electron chi connectivity index (χ1n) is 10.6. The summed E-state index contributed by atoms with van der Waals surface area (Å²) in [5.41, 5.74) is 1.26. The van der Waals surface area contributed by atoms with E-state index in [0.717, 1.165) is 16.3 Å². The molecule has 164 valence electrons. The molecule has 1 fully saturated rings. The molecule has 6 heteroatoms. The van der Waals surface area contributed by atoms with Crippen LogP contribution in [-0.4, -0.2) is 28.2 Å². The molecule has 0 aliphatic carbocycles. The first-order valence-corrected chi connectivity index (χ1v) is 10.6. The smallest absolute Gasteiger partial charge is 0.295 e. The third-order valence-electron chi connectivity index (χ3n) is 5.93. The fourth-order valence-electron chi connectivity index (χ4n) is 4.25. The van der Waals surface area contributed by atoms with Gasteiger partial charge in [0.15, 0.2) is 0 Å². The van der Waals surface area contributed by atoms with E-state index in [1.165, 1.54) is 23.3 Å². The Morgan fingerprint density at radius 2 is 1.70 bits per heavy atom. The summed E-state index contributed by atoms with van der Waals surface area (Å²) >= 11 is 0. The van der Waals surface area contributed by atoms with Crippen LogP contribution in [0.3, 0.4) is 0 Å². The second-order valence-corrected chi connectivity index (χ2v) is 7.95. The quantitative estimate of drug-likeness (QED) is 0.261. The van der Waals surface area contributed by atoms with Crippen LogP contribution in [0.2, 0.25) is 0 Å². The van der Waals surface area contributed by atoms with Crippen LogP contribution in [-0.2, 0) is 16.0 Å². The van der Waals surface area contributed by atoms with Crippen LogP contribution in [0.4, 0.5) is 4.39 Å². The van der Waals surface area contributed by atoms with Crippen LogP contribution in [0.25, 0.3) is 16.5 Å². The highest BCUT2D eigenvalue weighted by atomic mass is 19.1. The number of fused-ring (bicyclic) bond motifs is 1. The maximum atomic E-state index is 13.2. The van der Waals surface area contributed by atoms with Crippen molar-refractivity contribution in [3.05, 3.63) is 113 Å². The van der Waals surface area contributed by atoms with Crippen molar-refractivity contribution in [2.75, 3.05) is 6.54 Å². The Kier molecular flexibility index (Phi) is 5.26. The lowest BCUT2D eigenvalue weighted by Crippen LogP contribution is -2.31. The van der Waals surface area contributed by atoms with Gasteiger partial charge in [-0.25, -0.2) is 4.39 Å². The Morgan fingerprint density at radius 3 is 2.42 bits per heavy atom. The van der Waals surface area contributed by atoms with E-state index < -0.39 is 17.7 Å². The first-order chi connectivity index (χ1) is 16.0. The maximum absolute atomic E-state index is 13.2. The van der Waals surface area contributed by atoms with E-state index in [4.69, 9.17) is 4.42 Å². The number of benzene rings is 3. The zero-order chi connectivity index (χ0) is 22.9. The molecule has 0 saturated carbocycles. The number of likely N-dealkylation sites (tertiary alicyclic amines) is 1. The molecule has 5 rings (SSSR count). The molecule has 1 aromatic heterocycles. The number of hydrogen-bond acceptors (Lipinski definition) is 4. The van der Waals surface area contributed by atoms with Gasteiger partial charge in [-0.2, -0.15) is 0 Å². The largest absolute Gasteiger partial charge is 0.507 e.